The molecule has 1 aliphatic heterocycles. The predicted octanol–water partition coefficient (Wildman–Crippen LogP) is 4.31. The van der Waals surface area contributed by atoms with Gasteiger partial charge >= 0.3 is 0 Å². The number of likely N-dealkylation sites (tertiary alicyclic amines) is 1. The molecular weight excluding hydrogens is 404 g/mol. The van der Waals surface area contributed by atoms with Gasteiger partial charge in [-0.15, -0.1) is 0 Å². The molecule has 2 heterocycles. The van der Waals surface area contributed by atoms with Crippen molar-refractivity contribution in [2.75, 3.05) is 26.7 Å². The van der Waals surface area contributed by atoms with Gasteiger partial charge in [-0.1, -0.05) is 24.4 Å². The van der Waals surface area contributed by atoms with Gasteiger partial charge in [-0.05, 0) is 66.5 Å². The minimum Gasteiger partial charge on any atom is -0.495 e. The first-order valence-corrected chi connectivity index (χ1v) is 11.9. The van der Waals surface area contributed by atoms with Crippen LogP contribution in [0.5, 0.6) is 5.75 Å². The van der Waals surface area contributed by atoms with Crippen molar-refractivity contribution in [2.24, 2.45) is 0 Å². The highest BCUT2D eigenvalue weighted by Crippen LogP contribution is 2.28. The Morgan fingerprint density at radius 3 is 2.56 bits per heavy atom. The second-order valence-corrected chi connectivity index (χ2v) is 9.63. The van der Waals surface area contributed by atoms with E-state index in [1.807, 2.05) is 5.38 Å². The third kappa shape index (κ3) is 5.23. The molecule has 2 aromatic rings. The molecule has 1 fully saturated rings. The Kier molecular flexibility index (Phi) is 7.16. The number of hydrogen-bond donors (Lipinski definition) is 1. The van der Waals surface area contributed by atoms with E-state index in [0.717, 1.165) is 31.5 Å². The lowest BCUT2D eigenvalue weighted by Crippen LogP contribution is -2.38. The third-order valence-electron chi connectivity index (χ3n) is 4.91. The van der Waals surface area contributed by atoms with Crippen LogP contribution in [0, 0.1) is 0 Å². The topological polar surface area (TPSA) is 58.6 Å². The van der Waals surface area contributed by atoms with Gasteiger partial charge in [0.2, 0.25) is 10.0 Å². The SMILES string of the molecule is COc1ccc(S(=O)(=O)NCC(c2ccsc2)N2CCCCCC2)cc1Cl. The maximum absolute atomic E-state index is 12.8. The van der Waals surface area contributed by atoms with E-state index < -0.39 is 10.0 Å². The van der Waals surface area contributed by atoms with Crippen molar-refractivity contribution in [1.82, 2.24) is 9.62 Å². The quantitative estimate of drug-likeness (QED) is 0.714. The summed E-state index contributed by atoms with van der Waals surface area (Å²) in [4.78, 5) is 2.55. The maximum atomic E-state index is 12.8. The van der Waals surface area contributed by atoms with E-state index in [0.29, 0.717) is 12.3 Å². The Bertz CT molecular complexity index is 833. The van der Waals surface area contributed by atoms with Gasteiger partial charge in [0.1, 0.15) is 5.75 Å². The number of methoxy groups -OCH3 is 1. The summed E-state index contributed by atoms with van der Waals surface area (Å²) in [5.41, 5.74) is 1.16. The zero-order valence-corrected chi connectivity index (χ0v) is 17.7. The van der Waals surface area contributed by atoms with Crippen molar-refractivity contribution in [2.45, 2.75) is 36.6 Å². The van der Waals surface area contributed by atoms with Crippen LogP contribution < -0.4 is 9.46 Å². The van der Waals surface area contributed by atoms with Crippen molar-refractivity contribution in [1.29, 1.82) is 0 Å². The fourth-order valence-corrected chi connectivity index (χ4v) is 5.51. The first kappa shape index (κ1) is 20.6. The van der Waals surface area contributed by atoms with Gasteiger partial charge in [0.05, 0.1) is 17.0 Å². The number of nitrogens with zero attached hydrogens (tertiary/aromatic N) is 1. The van der Waals surface area contributed by atoms with E-state index in [2.05, 4.69) is 21.1 Å². The molecule has 1 saturated heterocycles. The van der Waals surface area contributed by atoms with Crippen LogP contribution in [0.1, 0.15) is 37.3 Å². The average molecular weight is 429 g/mol. The minimum atomic E-state index is -3.65. The smallest absolute Gasteiger partial charge is 0.240 e. The van der Waals surface area contributed by atoms with Gasteiger partial charge in [0.25, 0.3) is 0 Å². The molecule has 8 heteroatoms. The standard InChI is InChI=1S/C19H25ClN2O3S2/c1-25-19-7-6-16(12-17(19)20)27(23,24)21-13-18(15-8-11-26-14-15)22-9-4-2-3-5-10-22/h6-8,11-12,14,18,21H,2-5,9-10,13H2,1H3. The molecule has 0 spiro atoms. The summed E-state index contributed by atoms with van der Waals surface area (Å²) >= 11 is 7.73. The predicted molar refractivity (Wildman–Crippen MR) is 110 cm³/mol. The number of hydrogen-bond acceptors (Lipinski definition) is 5. The van der Waals surface area contributed by atoms with E-state index in [9.17, 15) is 8.42 Å². The van der Waals surface area contributed by atoms with Gasteiger partial charge in [0, 0.05) is 12.6 Å². The highest BCUT2D eigenvalue weighted by Gasteiger charge is 2.25. The molecule has 1 aromatic carbocycles. The lowest BCUT2D eigenvalue weighted by Gasteiger charge is -2.30. The molecule has 1 N–H and O–H groups in total. The fourth-order valence-electron chi connectivity index (χ4n) is 3.42. The van der Waals surface area contributed by atoms with Gasteiger partial charge in [0.15, 0.2) is 0 Å². The summed E-state index contributed by atoms with van der Waals surface area (Å²) in [6.45, 7) is 2.33. The molecule has 3 rings (SSSR count). The molecule has 0 bridgehead atoms. The average Bonchev–Trinajstić information content (AvgIpc) is 3.04. The zero-order valence-electron chi connectivity index (χ0n) is 15.4. The normalized spacial score (nSPS) is 17.4. The Hall–Kier alpha value is -1.12. The molecule has 1 aromatic heterocycles. The number of ether oxygens (including phenoxy) is 1. The van der Waals surface area contributed by atoms with Crippen LogP contribution in [0.4, 0.5) is 0 Å². The summed E-state index contributed by atoms with van der Waals surface area (Å²) in [5, 5.41) is 4.42. The highest BCUT2D eigenvalue weighted by molar-refractivity contribution is 7.89. The molecule has 27 heavy (non-hydrogen) atoms. The molecule has 5 nitrogen and oxygen atoms in total. The molecule has 148 valence electrons. The molecule has 1 unspecified atom stereocenters. The number of nitrogens with one attached hydrogen (secondary N) is 1. The molecule has 0 amide bonds. The lowest BCUT2D eigenvalue weighted by atomic mass is 10.1. The zero-order chi connectivity index (χ0) is 19.3. The Morgan fingerprint density at radius 2 is 1.96 bits per heavy atom. The Balaban J connectivity index is 1.76. The van der Waals surface area contributed by atoms with Gasteiger partial charge in [-0.3, -0.25) is 4.90 Å². The van der Waals surface area contributed by atoms with Crippen LogP contribution in [-0.4, -0.2) is 40.1 Å². The van der Waals surface area contributed by atoms with Gasteiger partial charge in [-0.25, -0.2) is 13.1 Å². The van der Waals surface area contributed by atoms with E-state index in [1.54, 1.807) is 17.4 Å². The first-order valence-electron chi connectivity index (χ1n) is 9.10. The van der Waals surface area contributed by atoms with Crippen LogP contribution in [0.25, 0.3) is 0 Å². The van der Waals surface area contributed by atoms with E-state index >= 15 is 0 Å². The Morgan fingerprint density at radius 1 is 1.22 bits per heavy atom. The van der Waals surface area contributed by atoms with Crippen LogP contribution in [0.3, 0.4) is 0 Å². The van der Waals surface area contributed by atoms with Crippen LogP contribution in [0.2, 0.25) is 5.02 Å². The van der Waals surface area contributed by atoms with Crippen LogP contribution in [0.15, 0.2) is 39.9 Å². The number of thiophene rings is 1. The van der Waals surface area contributed by atoms with Crippen molar-refractivity contribution in [3.05, 3.63) is 45.6 Å². The van der Waals surface area contributed by atoms with E-state index in [-0.39, 0.29) is 16.0 Å². The Labute approximate surface area is 170 Å². The second-order valence-electron chi connectivity index (χ2n) is 6.67. The summed E-state index contributed by atoms with van der Waals surface area (Å²) in [6, 6.07) is 6.63. The van der Waals surface area contributed by atoms with Crippen molar-refractivity contribution >= 4 is 33.0 Å². The van der Waals surface area contributed by atoms with Crippen molar-refractivity contribution < 1.29 is 13.2 Å². The maximum Gasteiger partial charge on any atom is 0.240 e. The molecule has 0 radical (unpaired) electrons. The molecular formula is C19H25ClN2O3S2. The fraction of sp³-hybridized carbons (Fsp3) is 0.474. The minimum absolute atomic E-state index is 0.0397. The monoisotopic (exact) mass is 428 g/mol. The summed E-state index contributed by atoms with van der Waals surface area (Å²) in [7, 11) is -2.15. The van der Waals surface area contributed by atoms with Gasteiger partial charge < -0.3 is 4.74 Å². The highest BCUT2D eigenvalue weighted by atomic mass is 35.5. The lowest BCUT2D eigenvalue weighted by molar-refractivity contribution is 0.206. The third-order valence-corrected chi connectivity index (χ3v) is 7.33. The number of sulfonamides is 1. The first-order chi connectivity index (χ1) is 13.0. The van der Waals surface area contributed by atoms with Crippen molar-refractivity contribution in [3.63, 3.8) is 0 Å². The largest absolute Gasteiger partial charge is 0.495 e. The number of benzene rings is 1. The summed E-state index contributed by atoms with van der Waals surface area (Å²) < 4.78 is 33.4. The van der Waals surface area contributed by atoms with Crippen molar-refractivity contribution in [3.8, 4) is 5.75 Å². The molecule has 0 aliphatic carbocycles. The van der Waals surface area contributed by atoms with Crippen LogP contribution in [-0.2, 0) is 10.0 Å². The molecule has 1 aliphatic rings. The summed E-state index contributed by atoms with van der Waals surface area (Å²) in [5.74, 6) is 0.455. The number of rotatable bonds is 7. The molecule has 1 atom stereocenters. The second kappa shape index (κ2) is 9.39. The van der Waals surface area contributed by atoms with Gasteiger partial charge in [-0.2, -0.15) is 11.3 Å². The van der Waals surface area contributed by atoms with E-state index in [1.165, 1.54) is 32.1 Å². The van der Waals surface area contributed by atoms with E-state index in [4.69, 9.17) is 16.3 Å². The van der Waals surface area contributed by atoms with Crippen LogP contribution >= 0.6 is 22.9 Å². The number of halogens is 1. The molecule has 0 saturated carbocycles. The summed E-state index contributed by atoms with van der Waals surface area (Å²) in [6.07, 6.45) is 4.79.